The minimum absolute atomic E-state index is 0.0393. The Morgan fingerprint density at radius 2 is 2.27 bits per heavy atom. The Labute approximate surface area is 131 Å². The fourth-order valence-corrected chi connectivity index (χ4v) is 3.81. The van der Waals surface area contributed by atoms with Gasteiger partial charge < -0.3 is 9.47 Å². The molecule has 0 amide bonds. The van der Waals surface area contributed by atoms with Crippen molar-refractivity contribution in [1.82, 2.24) is 14.8 Å². The fourth-order valence-electron chi connectivity index (χ4n) is 2.56. The first-order valence-electron chi connectivity index (χ1n) is 7.33. The highest BCUT2D eigenvalue weighted by Gasteiger charge is 2.22. The first-order valence-corrected chi connectivity index (χ1v) is 8.65. The molecule has 2 unspecified atom stereocenters. The molecule has 1 aromatic carbocycles. The Bertz CT molecular complexity index is 653. The van der Waals surface area contributed by atoms with Gasteiger partial charge in [-0.2, -0.15) is 0 Å². The van der Waals surface area contributed by atoms with Crippen LogP contribution >= 0.6 is 0 Å². The lowest BCUT2D eigenvalue weighted by Gasteiger charge is -2.21. The third-order valence-electron chi connectivity index (χ3n) is 3.68. The van der Waals surface area contributed by atoms with E-state index >= 15 is 0 Å². The van der Waals surface area contributed by atoms with Gasteiger partial charge in [0, 0.05) is 6.61 Å². The molecule has 1 aliphatic heterocycles. The second-order valence-electron chi connectivity index (χ2n) is 5.16. The van der Waals surface area contributed by atoms with Gasteiger partial charge in [0.05, 0.1) is 35.5 Å². The van der Waals surface area contributed by atoms with Gasteiger partial charge in [-0.05, 0) is 31.4 Å². The van der Waals surface area contributed by atoms with E-state index in [1.165, 1.54) is 0 Å². The topological polar surface area (TPSA) is 66.2 Å². The quantitative estimate of drug-likeness (QED) is 0.842. The van der Waals surface area contributed by atoms with Gasteiger partial charge in [0.1, 0.15) is 12.1 Å². The van der Waals surface area contributed by atoms with E-state index in [-0.39, 0.29) is 6.10 Å². The standard InChI is InChI=1S/C15H19N3O3S/c1-20-14-8-3-2-7-13(14)18-11-16-17-15(18)22(19)10-12-6-4-5-9-21-12/h2-3,7-8,11-12H,4-6,9-10H2,1H3. The van der Waals surface area contributed by atoms with Gasteiger partial charge in [-0.3, -0.25) is 8.78 Å². The van der Waals surface area contributed by atoms with Crippen molar-refractivity contribution < 1.29 is 13.7 Å². The number of nitrogens with zero attached hydrogens (tertiary/aromatic N) is 3. The number of para-hydroxylation sites is 2. The number of aromatic nitrogens is 3. The SMILES string of the molecule is COc1ccccc1-n1cnnc1S(=O)CC1CCCCO1. The molecule has 1 fully saturated rings. The molecule has 1 saturated heterocycles. The van der Waals surface area contributed by atoms with Crippen molar-refractivity contribution in [3.05, 3.63) is 30.6 Å². The molecular weight excluding hydrogens is 302 g/mol. The summed E-state index contributed by atoms with van der Waals surface area (Å²) in [6.45, 7) is 0.751. The molecule has 2 heterocycles. The van der Waals surface area contributed by atoms with Crippen molar-refractivity contribution >= 4 is 10.8 Å². The lowest BCUT2D eigenvalue weighted by atomic mass is 10.1. The Hall–Kier alpha value is -1.73. The van der Waals surface area contributed by atoms with Crippen LogP contribution in [0.3, 0.4) is 0 Å². The first-order chi connectivity index (χ1) is 10.8. The third-order valence-corrected chi connectivity index (χ3v) is 5.04. The summed E-state index contributed by atoms with van der Waals surface area (Å²) in [5.41, 5.74) is 0.780. The smallest absolute Gasteiger partial charge is 0.226 e. The summed E-state index contributed by atoms with van der Waals surface area (Å²) in [6.07, 6.45) is 4.76. The molecule has 0 aliphatic carbocycles. The zero-order valence-electron chi connectivity index (χ0n) is 12.5. The zero-order valence-corrected chi connectivity index (χ0v) is 13.3. The lowest BCUT2D eigenvalue weighted by Crippen LogP contribution is -2.26. The second-order valence-corrected chi connectivity index (χ2v) is 6.55. The molecule has 7 heteroatoms. The molecule has 0 N–H and O–H groups in total. The number of hydrogen-bond donors (Lipinski definition) is 0. The molecule has 6 nitrogen and oxygen atoms in total. The van der Waals surface area contributed by atoms with E-state index in [0.29, 0.717) is 16.7 Å². The molecule has 22 heavy (non-hydrogen) atoms. The molecule has 2 atom stereocenters. The number of hydrogen-bond acceptors (Lipinski definition) is 5. The van der Waals surface area contributed by atoms with Gasteiger partial charge in [-0.25, -0.2) is 0 Å². The number of ether oxygens (including phenoxy) is 2. The molecule has 118 valence electrons. The Morgan fingerprint density at radius 3 is 3.05 bits per heavy atom. The van der Waals surface area contributed by atoms with E-state index in [1.807, 2.05) is 24.3 Å². The van der Waals surface area contributed by atoms with Crippen LogP contribution in [0.2, 0.25) is 0 Å². The molecule has 0 radical (unpaired) electrons. The van der Waals surface area contributed by atoms with Crippen LogP contribution in [0.4, 0.5) is 0 Å². The van der Waals surface area contributed by atoms with E-state index in [4.69, 9.17) is 9.47 Å². The van der Waals surface area contributed by atoms with Crippen LogP contribution in [0, 0.1) is 0 Å². The van der Waals surface area contributed by atoms with Crippen molar-refractivity contribution in [2.24, 2.45) is 0 Å². The van der Waals surface area contributed by atoms with Gasteiger partial charge >= 0.3 is 0 Å². The molecule has 0 bridgehead atoms. The van der Waals surface area contributed by atoms with E-state index < -0.39 is 10.8 Å². The second kappa shape index (κ2) is 7.02. The van der Waals surface area contributed by atoms with E-state index in [1.54, 1.807) is 18.0 Å². The number of rotatable bonds is 5. The summed E-state index contributed by atoms with van der Waals surface area (Å²) in [6, 6.07) is 7.53. The minimum atomic E-state index is -1.26. The maximum absolute atomic E-state index is 12.6. The van der Waals surface area contributed by atoms with Crippen LogP contribution < -0.4 is 4.74 Å². The highest BCUT2D eigenvalue weighted by atomic mass is 32.2. The summed E-state index contributed by atoms with van der Waals surface area (Å²) in [4.78, 5) is 0. The van der Waals surface area contributed by atoms with Crippen molar-refractivity contribution in [2.45, 2.75) is 30.5 Å². The maximum Gasteiger partial charge on any atom is 0.226 e. The molecule has 0 saturated carbocycles. The van der Waals surface area contributed by atoms with Crippen molar-refractivity contribution in [3.8, 4) is 11.4 Å². The Morgan fingerprint density at radius 1 is 1.41 bits per heavy atom. The van der Waals surface area contributed by atoms with Crippen molar-refractivity contribution in [1.29, 1.82) is 0 Å². The zero-order chi connectivity index (χ0) is 15.4. The van der Waals surface area contributed by atoms with Crippen LogP contribution in [0.15, 0.2) is 35.7 Å². The molecule has 0 spiro atoms. The summed E-state index contributed by atoms with van der Waals surface area (Å²) >= 11 is 0. The summed E-state index contributed by atoms with van der Waals surface area (Å²) < 4.78 is 25.4. The number of methoxy groups -OCH3 is 1. The van der Waals surface area contributed by atoms with E-state index in [9.17, 15) is 4.21 Å². The van der Waals surface area contributed by atoms with Gasteiger partial charge in [0.2, 0.25) is 5.16 Å². The molecule has 1 aliphatic rings. The fraction of sp³-hybridized carbons (Fsp3) is 0.467. The van der Waals surface area contributed by atoms with Crippen LogP contribution in [0.1, 0.15) is 19.3 Å². The average Bonchev–Trinajstić information content (AvgIpc) is 3.05. The van der Waals surface area contributed by atoms with E-state index in [2.05, 4.69) is 10.2 Å². The highest BCUT2D eigenvalue weighted by molar-refractivity contribution is 7.84. The monoisotopic (exact) mass is 321 g/mol. The molecule has 2 aromatic rings. The molecule has 1 aromatic heterocycles. The molecule has 3 rings (SSSR count). The van der Waals surface area contributed by atoms with Crippen molar-refractivity contribution in [3.63, 3.8) is 0 Å². The maximum atomic E-state index is 12.6. The predicted molar refractivity (Wildman–Crippen MR) is 82.8 cm³/mol. The van der Waals surface area contributed by atoms with Gasteiger partial charge in [0.15, 0.2) is 0 Å². The number of benzene rings is 1. The third kappa shape index (κ3) is 3.20. The minimum Gasteiger partial charge on any atom is -0.495 e. The van der Waals surface area contributed by atoms with Crippen molar-refractivity contribution in [2.75, 3.05) is 19.5 Å². The normalized spacial score (nSPS) is 19.8. The van der Waals surface area contributed by atoms with Gasteiger partial charge in [-0.1, -0.05) is 12.1 Å². The van der Waals surface area contributed by atoms with Gasteiger partial charge in [0.25, 0.3) is 0 Å². The Kier molecular flexibility index (Phi) is 4.84. The van der Waals surface area contributed by atoms with Crippen LogP contribution in [0.5, 0.6) is 5.75 Å². The van der Waals surface area contributed by atoms with Crippen LogP contribution in [-0.4, -0.2) is 44.5 Å². The first kappa shape index (κ1) is 15.2. The summed E-state index contributed by atoms with van der Waals surface area (Å²) in [5, 5.41) is 8.38. The van der Waals surface area contributed by atoms with Crippen LogP contribution in [0.25, 0.3) is 5.69 Å². The average molecular weight is 321 g/mol. The lowest BCUT2D eigenvalue weighted by molar-refractivity contribution is 0.0309. The summed E-state index contributed by atoms with van der Waals surface area (Å²) in [7, 11) is 0.343. The highest BCUT2D eigenvalue weighted by Crippen LogP contribution is 2.24. The predicted octanol–water partition coefficient (Wildman–Crippen LogP) is 1.95. The van der Waals surface area contributed by atoms with Crippen LogP contribution in [-0.2, 0) is 15.5 Å². The largest absolute Gasteiger partial charge is 0.495 e. The summed E-state index contributed by atoms with van der Waals surface area (Å²) in [5.74, 6) is 1.14. The van der Waals surface area contributed by atoms with E-state index in [0.717, 1.165) is 31.6 Å². The van der Waals surface area contributed by atoms with Gasteiger partial charge in [-0.15, -0.1) is 10.2 Å². The Balaban J connectivity index is 1.83. The molecular formula is C15H19N3O3S.